The van der Waals surface area contributed by atoms with Crippen LogP contribution in [0.5, 0.6) is 0 Å². The van der Waals surface area contributed by atoms with Gasteiger partial charge in [-0.3, -0.25) is 14.4 Å². The number of Topliss-reactive ketones (excluding diaryl/α,β-unsaturated/α-hetero) is 2. The van der Waals surface area contributed by atoms with E-state index in [9.17, 15) is 14.4 Å². The topological polar surface area (TPSA) is 60.4 Å². The summed E-state index contributed by atoms with van der Waals surface area (Å²) in [6.45, 7) is 4.79. The molecule has 1 heterocycles. The third kappa shape index (κ3) is 2.53. The number of benzene rings is 1. The van der Waals surface area contributed by atoms with Crippen LogP contribution in [-0.2, 0) is 14.3 Å². The number of cyclic esters (lactones) is 1. The number of carbonyl (C=O) groups excluding carboxylic acids is 3. The van der Waals surface area contributed by atoms with Gasteiger partial charge in [0.05, 0.1) is 5.57 Å². The molecule has 1 aliphatic rings. The summed E-state index contributed by atoms with van der Waals surface area (Å²) >= 11 is 0. The molecule has 0 aromatic heterocycles. The van der Waals surface area contributed by atoms with Crippen LogP contribution in [0.25, 0.3) is 0 Å². The molecule has 21 heavy (non-hydrogen) atoms. The third-order valence-electron chi connectivity index (χ3n) is 3.98. The molecule has 4 nitrogen and oxygen atoms in total. The largest absolute Gasteiger partial charge is 0.430 e. The minimum Gasteiger partial charge on any atom is -0.430 e. The van der Waals surface area contributed by atoms with Gasteiger partial charge in [0.25, 0.3) is 0 Å². The van der Waals surface area contributed by atoms with Crippen molar-refractivity contribution in [3.63, 3.8) is 0 Å². The summed E-state index contributed by atoms with van der Waals surface area (Å²) in [6.07, 6.45) is 0.315. The first-order valence-electron chi connectivity index (χ1n) is 6.95. The number of esters is 1. The molecule has 4 heteroatoms. The smallest absolute Gasteiger partial charge is 0.322 e. The summed E-state index contributed by atoms with van der Waals surface area (Å²) < 4.78 is 5.15. The van der Waals surface area contributed by atoms with Crippen molar-refractivity contribution in [2.45, 2.75) is 33.6 Å². The summed E-state index contributed by atoms with van der Waals surface area (Å²) in [4.78, 5) is 36.6. The zero-order valence-electron chi connectivity index (χ0n) is 12.4. The molecule has 0 spiro atoms. The van der Waals surface area contributed by atoms with Gasteiger partial charge in [-0.25, -0.2) is 0 Å². The molecule has 0 N–H and O–H groups in total. The fourth-order valence-corrected chi connectivity index (χ4v) is 2.92. The Labute approximate surface area is 123 Å². The van der Waals surface area contributed by atoms with Crippen molar-refractivity contribution < 1.29 is 19.1 Å². The number of hydrogen-bond acceptors (Lipinski definition) is 4. The van der Waals surface area contributed by atoms with Crippen molar-refractivity contribution in [2.24, 2.45) is 5.41 Å². The normalized spacial score (nSPS) is 21.4. The molecule has 0 fully saturated rings. The number of rotatable bonds is 5. The zero-order chi connectivity index (χ0) is 15.6. The van der Waals surface area contributed by atoms with E-state index in [-0.39, 0.29) is 18.0 Å². The first kappa shape index (κ1) is 15.2. The Morgan fingerprint density at radius 2 is 1.81 bits per heavy atom. The molecule has 0 saturated heterocycles. The van der Waals surface area contributed by atoms with E-state index in [1.807, 2.05) is 6.07 Å². The predicted molar refractivity (Wildman–Crippen MR) is 77.6 cm³/mol. The Bertz CT molecular complexity index is 627. The molecule has 1 unspecified atom stereocenters. The Morgan fingerprint density at radius 1 is 1.19 bits per heavy atom. The lowest BCUT2D eigenvalue weighted by Crippen LogP contribution is -2.34. The van der Waals surface area contributed by atoms with Gasteiger partial charge in [-0.05, 0) is 20.3 Å². The highest BCUT2D eigenvalue weighted by Gasteiger charge is 2.51. The van der Waals surface area contributed by atoms with Crippen LogP contribution in [0.2, 0.25) is 0 Å². The first-order valence-corrected chi connectivity index (χ1v) is 6.95. The fourth-order valence-electron chi connectivity index (χ4n) is 2.92. The van der Waals surface area contributed by atoms with Crippen molar-refractivity contribution >= 4 is 17.5 Å². The number of ketones is 2. The lowest BCUT2D eigenvalue weighted by atomic mass is 9.72. The van der Waals surface area contributed by atoms with Crippen LogP contribution in [0, 0.1) is 5.41 Å². The second-order valence-electron chi connectivity index (χ2n) is 5.28. The standard InChI is InChI=1S/C17H18O4/c1-4-17(10-14(19)13-8-6-5-7-9-13)15(11(2)18)12(3)21-16(17)20/h5-9H,4,10H2,1-3H3. The van der Waals surface area contributed by atoms with Crippen LogP contribution < -0.4 is 0 Å². The molecule has 110 valence electrons. The molecule has 1 aromatic carbocycles. The van der Waals surface area contributed by atoms with E-state index >= 15 is 0 Å². The summed E-state index contributed by atoms with van der Waals surface area (Å²) in [7, 11) is 0. The minimum absolute atomic E-state index is 0.0431. The molecule has 0 saturated carbocycles. The van der Waals surface area contributed by atoms with Crippen LogP contribution in [-0.4, -0.2) is 17.5 Å². The Hall–Kier alpha value is -2.23. The quantitative estimate of drug-likeness (QED) is 0.616. The van der Waals surface area contributed by atoms with Gasteiger partial charge in [-0.15, -0.1) is 0 Å². The summed E-state index contributed by atoms with van der Waals surface area (Å²) in [5.74, 6) is -0.573. The maximum atomic E-state index is 12.4. The van der Waals surface area contributed by atoms with E-state index in [0.717, 1.165) is 0 Å². The molecule has 1 atom stereocenters. The molecule has 1 aromatic rings. The fraction of sp³-hybridized carbons (Fsp3) is 0.353. The Morgan fingerprint density at radius 3 is 2.33 bits per heavy atom. The van der Waals surface area contributed by atoms with Crippen LogP contribution in [0.3, 0.4) is 0 Å². The van der Waals surface area contributed by atoms with Crippen LogP contribution in [0.4, 0.5) is 0 Å². The molecule has 0 amide bonds. The molecule has 1 aliphatic heterocycles. The molecule has 0 aliphatic carbocycles. The van der Waals surface area contributed by atoms with Crippen LogP contribution in [0.1, 0.15) is 44.0 Å². The SMILES string of the molecule is CCC1(CC(=O)c2ccccc2)C(=O)OC(C)=C1C(C)=O. The molecule has 2 rings (SSSR count). The van der Waals surface area contributed by atoms with Crippen LogP contribution in [0.15, 0.2) is 41.7 Å². The Kier molecular flexibility index (Phi) is 4.07. The van der Waals surface area contributed by atoms with E-state index < -0.39 is 11.4 Å². The monoisotopic (exact) mass is 286 g/mol. The number of carbonyl (C=O) groups is 3. The zero-order valence-corrected chi connectivity index (χ0v) is 12.4. The Balaban J connectivity index is 2.40. The average Bonchev–Trinajstić information content (AvgIpc) is 2.70. The van der Waals surface area contributed by atoms with Crippen molar-refractivity contribution in [1.29, 1.82) is 0 Å². The molecule has 0 radical (unpaired) electrons. The van der Waals surface area contributed by atoms with Gasteiger partial charge < -0.3 is 4.74 Å². The number of allylic oxidation sites excluding steroid dienone is 1. The molecule has 0 bridgehead atoms. The highest BCUT2D eigenvalue weighted by Crippen LogP contribution is 2.45. The van der Waals surface area contributed by atoms with E-state index in [1.54, 1.807) is 38.1 Å². The van der Waals surface area contributed by atoms with Crippen molar-refractivity contribution in [3.05, 3.63) is 47.2 Å². The van der Waals surface area contributed by atoms with Crippen molar-refractivity contribution in [3.8, 4) is 0 Å². The summed E-state index contributed by atoms with van der Waals surface area (Å²) in [6, 6.07) is 8.77. The van der Waals surface area contributed by atoms with Gasteiger partial charge in [0, 0.05) is 12.0 Å². The van der Waals surface area contributed by atoms with E-state index in [1.165, 1.54) is 6.92 Å². The number of ether oxygens (including phenoxy) is 1. The van der Waals surface area contributed by atoms with Gasteiger partial charge in [-0.2, -0.15) is 0 Å². The van der Waals surface area contributed by atoms with E-state index in [2.05, 4.69) is 0 Å². The second kappa shape index (κ2) is 5.64. The number of hydrogen-bond donors (Lipinski definition) is 0. The van der Waals surface area contributed by atoms with E-state index in [4.69, 9.17) is 4.74 Å². The van der Waals surface area contributed by atoms with Gasteiger partial charge in [0.2, 0.25) is 0 Å². The maximum absolute atomic E-state index is 12.4. The maximum Gasteiger partial charge on any atom is 0.322 e. The molecular formula is C17H18O4. The van der Waals surface area contributed by atoms with Crippen LogP contribution >= 0.6 is 0 Å². The predicted octanol–water partition coefficient (Wildman–Crippen LogP) is 3.08. The molecular weight excluding hydrogens is 268 g/mol. The van der Waals surface area contributed by atoms with Gasteiger partial charge in [0.15, 0.2) is 11.6 Å². The van der Waals surface area contributed by atoms with Gasteiger partial charge >= 0.3 is 5.97 Å². The van der Waals surface area contributed by atoms with Crippen molar-refractivity contribution in [1.82, 2.24) is 0 Å². The van der Waals surface area contributed by atoms with Crippen molar-refractivity contribution in [2.75, 3.05) is 0 Å². The summed E-state index contributed by atoms with van der Waals surface area (Å²) in [5.41, 5.74) is -0.284. The highest BCUT2D eigenvalue weighted by molar-refractivity contribution is 6.08. The summed E-state index contributed by atoms with van der Waals surface area (Å²) in [5, 5.41) is 0. The van der Waals surface area contributed by atoms with Gasteiger partial charge in [-0.1, -0.05) is 37.3 Å². The minimum atomic E-state index is -1.15. The average molecular weight is 286 g/mol. The van der Waals surface area contributed by atoms with Gasteiger partial charge in [0.1, 0.15) is 11.2 Å². The first-order chi connectivity index (χ1) is 9.92. The lowest BCUT2D eigenvalue weighted by molar-refractivity contribution is -0.146. The highest BCUT2D eigenvalue weighted by atomic mass is 16.5. The second-order valence-corrected chi connectivity index (χ2v) is 5.28. The third-order valence-corrected chi connectivity index (χ3v) is 3.98. The lowest BCUT2D eigenvalue weighted by Gasteiger charge is -2.25. The van der Waals surface area contributed by atoms with E-state index in [0.29, 0.717) is 23.3 Å².